The van der Waals surface area contributed by atoms with Crippen molar-refractivity contribution >= 4 is 11.3 Å². The summed E-state index contributed by atoms with van der Waals surface area (Å²) in [6, 6.07) is 8.05. The summed E-state index contributed by atoms with van der Waals surface area (Å²) in [4.78, 5) is 7.40. The molecule has 1 fully saturated rings. The summed E-state index contributed by atoms with van der Waals surface area (Å²) in [5.74, 6) is 0.778. The molecule has 150 valence electrons. The van der Waals surface area contributed by atoms with E-state index in [1.807, 2.05) is 23.5 Å². The van der Waals surface area contributed by atoms with Gasteiger partial charge >= 0.3 is 0 Å². The fourth-order valence-electron chi connectivity index (χ4n) is 3.17. The summed E-state index contributed by atoms with van der Waals surface area (Å²) < 4.78 is 16.3. The Morgan fingerprint density at radius 1 is 1.30 bits per heavy atom. The van der Waals surface area contributed by atoms with Gasteiger partial charge in [-0.3, -0.25) is 9.80 Å². The van der Waals surface area contributed by atoms with E-state index >= 15 is 0 Å². The zero-order valence-corrected chi connectivity index (χ0v) is 16.8. The van der Waals surface area contributed by atoms with Gasteiger partial charge in [0.2, 0.25) is 0 Å². The molecule has 1 aliphatic heterocycles. The summed E-state index contributed by atoms with van der Waals surface area (Å²) in [5, 5.41) is 10.4. The van der Waals surface area contributed by atoms with Crippen LogP contribution in [0.25, 0.3) is 0 Å². The first kappa shape index (κ1) is 20.5. The van der Waals surface area contributed by atoms with Crippen molar-refractivity contribution in [2.75, 3.05) is 52.5 Å². The number of aryl methyl sites for hydroxylation is 1. The van der Waals surface area contributed by atoms with Crippen LogP contribution in [-0.2, 0) is 22.6 Å². The number of rotatable bonds is 11. The predicted molar refractivity (Wildman–Crippen MR) is 106 cm³/mol. The van der Waals surface area contributed by atoms with Gasteiger partial charge in [-0.1, -0.05) is 0 Å². The van der Waals surface area contributed by atoms with Gasteiger partial charge in [0.15, 0.2) is 0 Å². The van der Waals surface area contributed by atoms with Crippen LogP contribution in [0.5, 0.6) is 0 Å². The lowest BCUT2D eigenvalue weighted by Gasteiger charge is -2.30. The number of nitrogens with zero attached hydrogens (tertiary/aromatic N) is 2. The number of furan rings is 1. The zero-order valence-electron chi connectivity index (χ0n) is 16.0. The largest absolute Gasteiger partial charge is 0.467 e. The molecule has 1 N–H and O–H groups in total. The Morgan fingerprint density at radius 3 is 2.85 bits per heavy atom. The first-order chi connectivity index (χ1) is 13.2. The molecule has 2 aromatic heterocycles. The van der Waals surface area contributed by atoms with Gasteiger partial charge < -0.3 is 19.0 Å². The molecule has 0 bridgehead atoms. The minimum atomic E-state index is -0.522. The van der Waals surface area contributed by atoms with Crippen LogP contribution in [0.1, 0.15) is 15.5 Å². The van der Waals surface area contributed by atoms with Crippen LogP contribution in [-0.4, -0.2) is 73.6 Å². The number of thiophene rings is 1. The molecule has 1 unspecified atom stereocenters. The van der Waals surface area contributed by atoms with Crippen molar-refractivity contribution in [1.29, 1.82) is 0 Å². The van der Waals surface area contributed by atoms with E-state index in [4.69, 9.17) is 13.9 Å². The Hall–Kier alpha value is -1.22. The molecule has 27 heavy (non-hydrogen) atoms. The van der Waals surface area contributed by atoms with Crippen LogP contribution in [0, 0.1) is 6.92 Å². The third-order valence-electron chi connectivity index (χ3n) is 4.62. The molecule has 3 rings (SSSR count). The van der Waals surface area contributed by atoms with Crippen molar-refractivity contribution < 1.29 is 19.0 Å². The molecule has 1 aliphatic rings. The molecule has 3 heterocycles. The lowest BCUT2D eigenvalue weighted by Crippen LogP contribution is -2.43. The Kier molecular flexibility index (Phi) is 8.32. The number of morpholine rings is 1. The van der Waals surface area contributed by atoms with Gasteiger partial charge in [-0.15, -0.1) is 11.3 Å². The number of aliphatic hydroxyl groups is 1. The van der Waals surface area contributed by atoms with Crippen LogP contribution in [0.4, 0.5) is 0 Å². The summed E-state index contributed by atoms with van der Waals surface area (Å²) in [6.45, 7) is 9.80. The van der Waals surface area contributed by atoms with Crippen molar-refractivity contribution in [2.45, 2.75) is 26.2 Å². The summed E-state index contributed by atoms with van der Waals surface area (Å²) in [7, 11) is 0. The van der Waals surface area contributed by atoms with Gasteiger partial charge in [-0.05, 0) is 31.2 Å². The molecular formula is C20H30N2O4S. The Labute approximate surface area is 165 Å². The molecule has 1 saturated heterocycles. The molecule has 0 aliphatic carbocycles. The van der Waals surface area contributed by atoms with E-state index in [2.05, 4.69) is 28.9 Å². The maximum absolute atomic E-state index is 10.4. The summed E-state index contributed by atoms with van der Waals surface area (Å²) in [6.07, 6.45) is 1.11. The molecule has 1 atom stereocenters. The van der Waals surface area contributed by atoms with E-state index in [9.17, 15) is 5.11 Å². The fraction of sp³-hybridized carbons (Fsp3) is 0.600. The summed E-state index contributed by atoms with van der Waals surface area (Å²) in [5.41, 5.74) is 0. The molecule has 0 saturated carbocycles. The van der Waals surface area contributed by atoms with Crippen LogP contribution in [0.15, 0.2) is 34.9 Å². The molecule has 0 radical (unpaired) electrons. The van der Waals surface area contributed by atoms with Gasteiger partial charge in [-0.2, -0.15) is 0 Å². The molecule has 6 nitrogen and oxygen atoms in total. The third-order valence-corrected chi connectivity index (χ3v) is 5.60. The number of ether oxygens (including phenoxy) is 2. The van der Waals surface area contributed by atoms with Crippen LogP contribution >= 0.6 is 11.3 Å². The standard InChI is InChI=1S/C20H30N2O4S/c1-17-4-5-20(27-17)14-22(7-6-21-8-11-24-12-9-21)13-18(23)15-25-16-19-3-2-10-26-19/h2-5,10,18,23H,6-9,11-16H2,1H3. The van der Waals surface area contributed by atoms with Crippen LogP contribution in [0.2, 0.25) is 0 Å². The van der Waals surface area contributed by atoms with E-state index in [-0.39, 0.29) is 0 Å². The third kappa shape index (κ3) is 7.37. The molecule has 0 aromatic carbocycles. The minimum Gasteiger partial charge on any atom is -0.467 e. The van der Waals surface area contributed by atoms with Gasteiger partial charge in [0.1, 0.15) is 12.4 Å². The highest BCUT2D eigenvalue weighted by atomic mass is 32.1. The van der Waals surface area contributed by atoms with Crippen molar-refractivity contribution in [1.82, 2.24) is 9.80 Å². The fourth-order valence-corrected chi connectivity index (χ4v) is 4.11. The maximum Gasteiger partial charge on any atom is 0.129 e. The topological polar surface area (TPSA) is 58.3 Å². The first-order valence-corrected chi connectivity index (χ1v) is 10.4. The Morgan fingerprint density at radius 2 is 2.15 bits per heavy atom. The maximum atomic E-state index is 10.4. The van der Waals surface area contributed by atoms with Gasteiger partial charge in [0, 0.05) is 49.0 Å². The normalized spacial score (nSPS) is 16.9. The second-order valence-electron chi connectivity index (χ2n) is 6.95. The Bertz CT molecular complexity index is 640. The lowest BCUT2D eigenvalue weighted by molar-refractivity contribution is -0.00137. The average Bonchev–Trinajstić information content (AvgIpc) is 3.32. The highest BCUT2D eigenvalue weighted by molar-refractivity contribution is 7.11. The van der Waals surface area contributed by atoms with E-state index in [0.717, 1.165) is 51.7 Å². The highest BCUT2D eigenvalue weighted by Crippen LogP contribution is 2.17. The molecular weight excluding hydrogens is 364 g/mol. The van der Waals surface area contributed by atoms with E-state index in [0.29, 0.717) is 19.8 Å². The van der Waals surface area contributed by atoms with Crippen LogP contribution < -0.4 is 0 Å². The van der Waals surface area contributed by atoms with Gasteiger partial charge in [0.25, 0.3) is 0 Å². The van der Waals surface area contributed by atoms with Crippen molar-refractivity contribution in [3.05, 3.63) is 46.0 Å². The summed E-state index contributed by atoms with van der Waals surface area (Å²) >= 11 is 1.82. The zero-order chi connectivity index (χ0) is 18.9. The van der Waals surface area contributed by atoms with E-state index in [1.165, 1.54) is 9.75 Å². The molecule has 2 aromatic rings. The average molecular weight is 395 g/mol. The first-order valence-electron chi connectivity index (χ1n) is 9.55. The van der Waals surface area contributed by atoms with Crippen molar-refractivity contribution in [2.24, 2.45) is 0 Å². The monoisotopic (exact) mass is 394 g/mol. The van der Waals surface area contributed by atoms with Gasteiger partial charge in [-0.25, -0.2) is 0 Å². The highest BCUT2D eigenvalue weighted by Gasteiger charge is 2.16. The van der Waals surface area contributed by atoms with E-state index < -0.39 is 6.10 Å². The van der Waals surface area contributed by atoms with Gasteiger partial charge in [0.05, 0.1) is 32.2 Å². The Balaban J connectivity index is 1.46. The smallest absolute Gasteiger partial charge is 0.129 e. The van der Waals surface area contributed by atoms with Crippen LogP contribution in [0.3, 0.4) is 0 Å². The lowest BCUT2D eigenvalue weighted by atomic mass is 10.3. The SMILES string of the molecule is Cc1ccc(CN(CCN2CCOCC2)CC(O)COCc2ccco2)s1. The second kappa shape index (κ2) is 10.9. The quantitative estimate of drug-likeness (QED) is 0.631. The van der Waals surface area contributed by atoms with Crippen molar-refractivity contribution in [3.8, 4) is 0 Å². The second-order valence-corrected chi connectivity index (χ2v) is 8.32. The molecule has 0 amide bonds. The minimum absolute atomic E-state index is 0.304. The molecule has 0 spiro atoms. The van der Waals surface area contributed by atoms with Crippen molar-refractivity contribution in [3.63, 3.8) is 0 Å². The number of aliphatic hydroxyl groups excluding tert-OH is 1. The number of hydrogen-bond donors (Lipinski definition) is 1. The molecule has 7 heteroatoms. The number of hydrogen-bond acceptors (Lipinski definition) is 7. The predicted octanol–water partition coefficient (Wildman–Crippen LogP) is 2.36. The van der Waals surface area contributed by atoms with E-state index in [1.54, 1.807) is 6.26 Å².